The number of nitrogens with zero attached hydrogens (tertiary/aromatic N) is 3. The summed E-state index contributed by atoms with van der Waals surface area (Å²) < 4.78 is 2.63. The van der Waals surface area contributed by atoms with Crippen molar-refractivity contribution in [3.8, 4) is 0 Å². The molecule has 0 unspecified atom stereocenters. The Hall–Kier alpha value is -1.04. The van der Waals surface area contributed by atoms with E-state index in [1.807, 2.05) is 27.7 Å². The van der Waals surface area contributed by atoms with Crippen molar-refractivity contribution in [2.24, 2.45) is 12.5 Å². The van der Waals surface area contributed by atoms with E-state index in [-0.39, 0.29) is 11.1 Å². The standard InChI is InChI=1S/C11H19N3O2S/c1-6-17-9-12-8(15)14(7-11(2,3)4)10(16)13(9)5/h6-7H2,1-5H3. The molecule has 6 heteroatoms. The first-order chi connectivity index (χ1) is 7.76. The van der Waals surface area contributed by atoms with Crippen molar-refractivity contribution in [2.75, 3.05) is 5.75 Å². The van der Waals surface area contributed by atoms with Crippen LogP contribution in [0.5, 0.6) is 0 Å². The number of hydrogen-bond donors (Lipinski definition) is 0. The third kappa shape index (κ3) is 3.46. The maximum Gasteiger partial charge on any atom is 0.354 e. The molecule has 1 aromatic rings. The summed E-state index contributed by atoms with van der Waals surface area (Å²) in [5.41, 5.74) is -0.883. The van der Waals surface area contributed by atoms with E-state index in [0.29, 0.717) is 11.7 Å². The van der Waals surface area contributed by atoms with Crippen molar-refractivity contribution in [1.82, 2.24) is 14.1 Å². The molecular formula is C11H19N3O2S. The maximum absolute atomic E-state index is 12.0. The average Bonchev–Trinajstić information content (AvgIpc) is 2.20. The van der Waals surface area contributed by atoms with Crippen molar-refractivity contribution in [2.45, 2.75) is 39.4 Å². The average molecular weight is 257 g/mol. The van der Waals surface area contributed by atoms with Crippen molar-refractivity contribution in [1.29, 1.82) is 0 Å². The second-order valence-electron chi connectivity index (χ2n) is 5.10. The topological polar surface area (TPSA) is 56.9 Å². The summed E-state index contributed by atoms with van der Waals surface area (Å²) in [7, 11) is 1.64. The van der Waals surface area contributed by atoms with E-state index in [1.54, 1.807) is 7.05 Å². The van der Waals surface area contributed by atoms with Crippen LogP contribution in [-0.4, -0.2) is 19.9 Å². The molecule has 5 nitrogen and oxygen atoms in total. The molecule has 0 amide bonds. The molecule has 1 rings (SSSR count). The van der Waals surface area contributed by atoms with Gasteiger partial charge in [0.1, 0.15) is 0 Å². The molecule has 0 fully saturated rings. The molecule has 17 heavy (non-hydrogen) atoms. The van der Waals surface area contributed by atoms with Crippen molar-refractivity contribution >= 4 is 11.8 Å². The molecule has 1 heterocycles. The van der Waals surface area contributed by atoms with E-state index in [4.69, 9.17) is 0 Å². The Morgan fingerprint density at radius 1 is 1.29 bits per heavy atom. The van der Waals surface area contributed by atoms with Gasteiger partial charge in [-0.15, -0.1) is 0 Å². The lowest BCUT2D eigenvalue weighted by atomic mass is 9.97. The molecule has 0 aliphatic carbocycles. The van der Waals surface area contributed by atoms with Gasteiger partial charge in [-0.3, -0.25) is 4.57 Å². The molecule has 0 spiro atoms. The largest absolute Gasteiger partial charge is 0.354 e. The Bertz CT molecular complexity index is 511. The number of rotatable bonds is 3. The Morgan fingerprint density at radius 3 is 2.35 bits per heavy atom. The van der Waals surface area contributed by atoms with Crippen molar-refractivity contribution < 1.29 is 0 Å². The van der Waals surface area contributed by atoms with Crippen LogP contribution in [0.3, 0.4) is 0 Å². The minimum atomic E-state index is -0.459. The van der Waals surface area contributed by atoms with E-state index < -0.39 is 5.69 Å². The van der Waals surface area contributed by atoms with Gasteiger partial charge < -0.3 is 0 Å². The third-order valence-electron chi connectivity index (χ3n) is 2.13. The highest BCUT2D eigenvalue weighted by Gasteiger charge is 2.17. The van der Waals surface area contributed by atoms with Gasteiger partial charge in [-0.05, 0) is 11.2 Å². The fourth-order valence-electron chi connectivity index (χ4n) is 1.43. The highest BCUT2D eigenvalue weighted by molar-refractivity contribution is 7.99. The maximum atomic E-state index is 12.0. The van der Waals surface area contributed by atoms with Crippen LogP contribution in [0.2, 0.25) is 0 Å². The first-order valence-corrected chi connectivity index (χ1v) is 6.55. The molecule has 0 saturated carbocycles. The molecular weight excluding hydrogens is 238 g/mol. The quantitative estimate of drug-likeness (QED) is 0.761. The van der Waals surface area contributed by atoms with E-state index in [2.05, 4.69) is 4.98 Å². The van der Waals surface area contributed by atoms with E-state index in [9.17, 15) is 9.59 Å². The molecule has 1 aromatic heterocycles. The molecule has 0 N–H and O–H groups in total. The molecule has 0 aliphatic heterocycles. The molecule has 0 bridgehead atoms. The monoisotopic (exact) mass is 257 g/mol. The van der Waals surface area contributed by atoms with Gasteiger partial charge in [0.15, 0.2) is 5.16 Å². The smallest absolute Gasteiger partial charge is 0.275 e. The van der Waals surface area contributed by atoms with Gasteiger partial charge >= 0.3 is 11.4 Å². The van der Waals surface area contributed by atoms with Crippen LogP contribution in [0.1, 0.15) is 27.7 Å². The Morgan fingerprint density at radius 2 is 1.88 bits per heavy atom. The summed E-state index contributed by atoms with van der Waals surface area (Å²) in [6, 6.07) is 0. The summed E-state index contributed by atoms with van der Waals surface area (Å²) in [4.78, 5) is 27.8. The fraction of sp³-hybridized carbons (Fsp3) is 0.727. The second-order valence-corrected chi connectivity index (χ2v) is 6.33. The van der Waals surface area contributed by atoms with E-state index in [1.165, 1.54) is 20.9 Å². The zero-order valence-electron chi connectivity index (χ0n) is 11.0. The first kappa shape index (κ1) is 14.0. The van der Waals surface area contributed by atoms with Gasteiger partial charge in [0.05, 0.1) is 0 Å². The van der Waals surface area contributed by atoms with Crippen molar-refractivity contribution in [3.63, 3.8) is 0 Å². The minimum absolute atomic E-state index is 0.128. The van der Waals surface area contributed by atoms with E-state index in [0.717, 1.165) is 5.75 Å². The molecule has 0 atom stereocenters. The number of aromatic nitrogens is 3. The van der Waals surface area contributed by atoms with Crippen LogP contribution in [0.15, 0.2) is 14.7 Å². The van der Waals surface area contributed by atoms with Crippen LogP contribution < -0.4 is 11.4 Å². The van der Waals surface area contributed by atoms with Crippen molar-refractivity contribution in [3.05, 3.63) is 21.0 Å². The summed E-state index contributed by atoms with van der Waals surface area (Å²) in [6.07, 6.45) is 0. The summed E-state index contributed by atoms with van der Waals surface area (Å²) in [6.45, 7) is 8.27. The zero-order chi connectivity index (χ0) is 13.2. The number of thioether (sulfide) groups is 1. The third-order valence-corrected chi connectivity index (χ3v) is 3.04. The van der Waals surface area contributed by atoms with Crippen LogP contribution in [0.25, 0.3) is 0 Å². The van der Waals surface area contributed by atoms with Gasteiger partial charge in [0.2, 0.25) is 0 Å². The van der Waals surface area contributed by atoms with Crippen LogP contribution in [-0.2, 0) is 13.6 Å². The van der Waals surface area contributed by atoms with Crippen LogP contribution >= 0.6 is 11.8 Å². The minimum Gasteiger partial charge on any atom is -0.275 e. The lowest BCUT2D eigenvalue weighted by Gasteiger charge is -2.19. The van der Waals surface area contributed by atoms with Gasteiger partial charge in [-0.25, -0.2) is 14.2 Å². The lowest BCUT2D eigenvalue weighted by Crippen LogP contribution is -2.43. The Labute approximate surface area is 105 Å². The predicted molar refractivity (Wildman–Crippen MR) is 69.6 cm³/mol. The molecule has 0 radical (unpaired) electrons. The SMILES string of the molecule is CCSc1nc(=O)n(CC(C)(C)C)c(=O)n1C. The molecule has 0 saturated heterocycles. The van der Waals surface area contributed by atoms with Gasteiger partial charge in [0, 0.05) is 13.6 Å². The predicted octanol–water partition coefficient (Wildman–Crippen LogP) is 1.10. The normalized spacial score (nSPS) is 11.8. The van der Waals surface area contributed by atoms with Gasteiger partial charge in [0.25, 0.3) is 0 Å². The summed E-state index contributed by atoms with van der Waals surface area (Å²) in [5.74, 6) is 0.781. The first-order valence-electron chi connectivity index (χ1n) is 5.57. The second kappa shape index (κ2) is 5.08. The Balaban J connectivity index is 3.32. The van der Waals surface area contributed by atoms with Crippen LogP contribution in [0.4, 0.5) is 0 Å². The van der Waals surface area contributed by atoms with Gasteiger partial charge in [-0.2, -0.15) is 4.98 Å². The lowest BCUT2D eigenvalue weighted by molar-refractivity contribution is 0.318. The van der Waals surface area contributed by atoms with E-state index >= 15 is 0 Å². The Kier molecular flexibility index (Phi) is 4.19. The van der Waals surface area contributed by atoms with Gasteiger partial charge in [-0.1, -0.05) is 39.5 Å². The molecule has 0 aromatic carbocycles. The highest BCUT2D eigenvalue weighted by Crippen LogP contribution is 2.14. The summed E-state index contributed by atoms with van der Waals surface area (Å²) in [5, 5.41) is 0.479. The van der Waals surface area contributed by atoms with Crippen LogP contribution in [0, 0.1) is 5.41 Å². The molecule has 96 valence electrons. The summed E-state index contributed by atoms with van der Waals surface area (Å²) >= 11 is 1.40. The zero-order valence-corrected chi connectivity index (χ0v) is 11.8. The number of hydrogen-bond acceptors (Lipinski definition) is 4. The highest BCUT2D eigenvalue weighted by atomic mass is 32.2. The molecule has 0 aliphatic rings. The fourth-order valence-corrected chi connectivity index (χ4v) is 2.10.